The Morgan fingerprint density at radius 2 is 1.30 bits per heavy atom. The van der Waals surface area contributed by atoms with Gasteiger partial charge in [-0.15, -0.1) is 0 Å². The second-order valence-electron chi connectivity index (χ2n) is 5.42. The number of hydrogen-bond donors (Lipinski definition) is 1. The molecule has 0 aromatic heterocycles. The minimum absolute atomic E-state index is 0.904. The largest absolute Gasteiger partial charge is 0.340 e. The Morgan fingerprint density at radius 3 is 1.65 bits per heavy atom. The third-order valence-electron chi connectivity index (χ3n) is 3.91. The lowest BCUT2D eigenvalue weighted by molar-refractivity contribution is 0.168. The van der Waals surface area contributed by atoms with Crippen molar-refractivity contribution in [1.82, 2.24) is 19.6 Å². The molecule has 2 aliphatic heterocycles. The predicted octanol–water partition coefficient (Wildman–Crippen LogP) is -0.297. The van der Waals surface area contributed by atoms with E-state index in [0.29, 0.717) is 0 Å². The van der Waals surface area contributed by atoms with Crippen molar-refractivity contribution in [2.75, 3.05) is 73.6 Å². The predicted molar refractivity (Wildman–Crippen MR) is 81.7 cm³/mol. The van der Waals surface area contributed by atoms with Gasteiger partial charge in [0.05, 0.1) is 0 Å². The molecule has 2 aliphatic rings. The topological polar surface area (TPSA) is 54.8 Å². The van der Waals surface area contributed by atoms with E-state index in [1.54, 1.807) is 0 Å². The molecule has 2 rings (SSSR count). The molecule has 1 N–H and O–H groups in total. The van der Waals surface area contributed by atoms with E-state index in [-0.39, 0.29) is 0 Å². The standard InChI is InChI=1S/C12H26N5O2P/c1-14-4-8-16(9-5-14)12(13-20(18)19-3)17-10-6-15(2)7-11-17/h18H,4-11H2,1-3H3. The van der Waals surface area contributed by atoms with E-state index in [9.17, 15) is 4.89 Å². The highest BCUT2D eigenvalue weighted by atomic mass is 31.2. The monoisotopic (exact) mass is 303 g/mol. The van der Waals surface area contributed by atoms with Crippen LogP contribution in [0.1, 0.15) is 0 Å². The molecular formula is C12H26N5O2P. The molecular weight excluding hydrogens is 277 g/mol. The Labute approximate surface area is 122 Å². The van der Waals surface area contributed by atoms with Crippen LogP contribution in [0, 0.1) is 0 Å². The molecule has 0 aromatic carbocycles. The van der Waals surface area contributed by atoms with Gasteiger partial charge < -0.3 is 29.0 Å². The van der Waals surface area contributed by atoms with Gasteiger partial charge in [-0.1, -0.05) is 0 Å². The second kappa shape index (κ2) is 7.52. The lowest BCUT2D eigenvalue weighted by Gasteiger charge is -2.41. The SMILES string of the molecule is COP(O)N=C(N1CCN(C)CC1)N1CCN(C)CC1. The number of rotatable bonds is 2. The van der Waals surface area contributed by atoms with E-state index in [1.165, 1.54) is 7.11 Å². The fourth-order valence-electron chi connectivity index (χ4n) is 2.46. The molecule has 8 heteroatoms. The zero-order valence-corrected chi connectivity index (χ0v) is 13.6. The minimum Gasteiger partial charge on any atom is -0.340 e. The van der Waals surface area contributed by atoms with Gasteiger partial charge in [0.15, 0.2) is 0 Å². The molecule has 2 heterocycles. The molecule has 0 saturated carbocycles. The second-order valence-corrected chi connectivity index (χ2v) is 6.49. The molecule has 0 aliphatic carbocycles. The third-order valence-corrected chi connectivity index (χ3v) is 4.59. The molecule has 2 fully saturated rings. The fraction of sp³-hybridized carbons (Fsp3) is 0.917. The molecule has 116 valence electrons. The highest BCUT2D eigenvalue weighted by molar-refractivity contribution is 7.44. The Bertz CT molecular complexity index is 304. The van der Waals surface area contributed by atoms with E-state index in [2.05, 4.69) is 38.5 Å². The van der Waals surface area contributed by atoms with Crippen molar-refractivity contribution in [1.29, 1.82) is 0 Å². The molecule has 0 aromatic rings. The summed E-state index contributed by atoms with van der Waals surface area (Å²) in [5, 5.41) is 0. The van der Waals surface area contributed by atoms with Crippen LogP contribution in [0.25, 0.3) is 0 Å². The first-order valence-electron chi connectivity index (χ1n) is 7.09. The number of nitrogens with zero attached hydrogens (tertiary/aromatic N) is 5. The van der Waals surface area contributed by atoms with Crippen molar-refractivity contribution in [3.05, 3.63) is 0 Å². The van der Waals surface area contributed by atoms with E-state index in [0.717, 1.165) is 58.3 Å². The number of likely N-dealkylation sites (N-methyl/N-ethyl adjacent to an activating group) is 2. The van der Waals surface area contributed by atoms with Gasteiger partial charge in [0.1, 0.15) is 0 Å². The summed E-state index contributed by atoms with van der Waals surface area (Å²) in [5.74, 6) is 0.904. The first kappa shape index (κ1) is 15.9. The van der Waals surface area contributed by atoms with Crippen molar-refractivity contribution in [3.8, 4) is 0 Å². The lowest BCUT2D eigenvalue weighted by Crippen LogP contribution is -2.56. The maximum atomic E-state index is 9.77. The van der Waals surface area contributed by atoms with Crippen LogP contribution in [-0.2, 0) is 4.52 Å². The smallest absolute Gasteiger partial charge is 0.310 e. The average Bonchev–Trinajstić information content (AvgIpc) is 2.46. The maximum Gasteiger partial charge on any atom is 0.310 e. The zero-order valence-electron chi connectivity index (χ0n) is 12.7. The molecule has 7 nitrogen and oxygen atoms in total. The van der Waals surface area contributed by atoms with Gasteiger partial charge >= 0.3 is 8.53 Å². The Morgan fingerprint density at radius 1 is 0.900 bits per heavy atom. The van der Waals surface area contributed by atoms with Gasteiger partial charge in [-0.05, 0) is 14.1 Å². The summed E-state index contributed by atoms with van der Waals surface area (Å²) in [6.07, 6.45) is 0. The summed E-state index contributed by atoms with van der Waals surface area (Å²) < 4.78 is 9.39. The van der Waals surface area contributed by atoms with Crippen LogP contribution in [0.2, 0.25) is 0 Å². The van der Waals surface area contributed by atoms with E-state index in [1.807, 2.05) is 0 Å². The molecule has 0 bridgehead atoms. The Kier molecular flexibility index (Phi) is 5.99. The van der Waals surface area contributed by atoms with Gasteiger partial charge in [0.2, 0.25) is 5.96 Å². The van der Waals surface area contributed by atoms with Gasteiger partial charge in [-0.25, -0.2) is 0 Å². The minimum atomic E-state index is -1.71. The van der Waals surface area contributed by atoms with Crippen molar-refractivity contribution < 1.29 is 9.42 Å². The van der Waals surface area contributed by atoms with Crippen LogP contribution in [0.4, 0.5) is 0 Å². The molecule has 1 atom stereocenters. The van der Waals surface area contributed by atoms with Crippen LogP contribution in [0.5, 0.6) is 0 Å². The van der Waals surface area contributed by atoms with Crippen molar-refractivity contribution in [2.45, 2.75) is 0 Å². The Balaban J connectivity index is 2.06. The summed E-state index contributed by atoms with van der Waals surface area (Å²) in [6.45, 7) is 7.94. The molecule has 0 radical (unpaired) electrons. The first-order chi connectivity index (χ1) is 9.60. The molecule has 1 unspecified atom stereocenters. The van der Waals surface area contributed by atoms with E-state index < -0.39 is 8.53 Å². The molecule has 20 heavy (non-hydrogen) atoms. The van der Waals surface area contributed by atoms with Crippen molar-refractivity contribution in [3.63, 3.8) is 0 Å². The van der Waals surface area contributed by atoms with Crippen LogP contribution in [-0.4, -0.2) is 104 Å². The van der Waals surface area contributed by atoms with Gasteiger partial charge in [-0.3, -0.25) is 0 Å². The zero-order chi connectivity index (χ0) is 14.5. The summed E-state index contributed by atoms with van der Waals surface area (Å²) in [4.78, 5) is 19.0. The molecule has 0 spiro atoms. The van der Waals surface area contributed by atoms with Crippen molar-refractivity contribution in [2.24, 2.45) is 4.76 Å². The summed E-state index contributed by atoms with van der Waals surface area (Å²) >= 11 is 0. The van der Waals surface area contributed by atoms with Crippen LogP contribution in [0.3, 0.4) is 0 Å². The number of guanidine groups is 1. The number of piperazine rings is 2. The normalized spacial score (nSPS) is 23.8. The highest BCUT2D eigenvalue weighted by Gasteiger charge is 2.25. The first-order valence-corrected chi connectivity index (χ1v) is 8.25. The van der Waals surface area contributed by atoms with E-state index in [4.69, 9.17) is 4.52 Å². The van der Waals surface area contributed by atoms with Crippen LogP contribution < -0.4 is 0 Å². The van der Waals surface area contributed by atoms with Gasteiger partial charge in [0, 0.05) is 59.5 Å². The van der Waals surface area contributed by atoms with Gasteiger partial charge in [-0.2, -0.15) is 4.76 Å². The maximum absolute atomic E-state index is 9.77. The summed E-state index contributed by atoms with van der Waals surface area (Å²) in [6, 6.07) is 0. The lowest BCUT2D eigenvalue weighted by atomic mass is 10.3. The molecule has 0 amide bonds. The highest BCUT2D eigenvalue weighted by Crippen LogP contribution is 2.32. The average molecular weight is 303 g/mol. The molecule has 2 saturated heterocycles. The van der Waals surface area contributed by atoms with E-state index >= 15 is 0 Å². The summed E-state index contributed by atoms with van der Waals surface area (Å²) in [7, 11) is 4.06. The summed E-state index contributed by atoms with van der Waals surface area (Å²) in [5.41, 5.74) is 0. The van der Waals surface area contributed by atoms with Crippen molar-refractivity contribution >= 4 is 14.5 Å². The van der Waals surface area contributed by atoms with Gasteiger partial charge in [0.25, 0.3) is 0 Å². The quantitative estimate of drug-likeness (QED) is 0.430. The Hall–Kier alpha value is -0.460. The van der Waals surface area contributed by atoms with Crippen LogP contribution >= 0.6 is 8.53 Å². The fourth-order valence-corrected chi connectivity index (χ4v) is 2.94. The third kappa shape index (κ3) is 4.27. The van der Waals surface area contributed by atoms with Crippen LogP contribution in [0.15, 0.2) is 4.76 Å². The number of hydrogen-bond acceptors (Lipinski definition) is 5.